The highest BCUT2D eigenvalue weighted by Crippen LogP contribution is 2.10. The number of carbonyl (C=O) groups excluding carboxylic acids is 1. The first kappa shape index (κ1) is 16.5. The van der Waals surface area contributed by atoms with Gasteiger partial charge >= 0.3 is 0 Å². The second-order valence-electron chi connectivity index (χ2n) is 4.78. The smallest absolute Gasteiger partial charge is 0.251 e. The molecule has 112 valence electrons. The fraction of sp³-hybridized carbons (Fsp3) is 0.533. The molecule has 0 aromatic heterocycles. The molecule has 0 fully saturated rings. The number of hydrogen-bond donors (Lipinski definition) is 2. The first-order valence-electron chi connectivity index (χ1n) is 6.98. The maximum absolute atomic E-state index is 11.9. The summed E-state index contributed by atoms with van der Waals surface area (Å²) in [4.78, 5) is 14.1. The Morgan fingerprint density at radius 3 is 2.50 bits per heavy atom. The monoisotopic (exact) mass is 279 g/mol. The van der Waals surface area contributed by atoms with Gasteiger partial charge in [-0.1, -0.05) is 0 Å². The maximum atomic E-state index is 11.9. The van der Waals surface area contributed by atoms with Gasteiger partial charge in [-0.25, -0.2) is 0 Å². The first-order valence-corrected chi connectivity index (χ1v) is 6.98. The molecule has 1 aromatic carbocycles. The van der Waals surface area contributed by atoms with Crippen LogP contribution in [0.5, 0.6) is 5.75 Å². The van der Waals surface area contributed by atoms with Gasteiger partial charge in [0.05, 0.1) is 7.11 Å². The quantitative estimate of drug-likeness (QED) is 0.664. The Labute approximate surface area is 121 Å². The van der Waals surface area contributed by atoms with Crippen molar-refractivity contribution in [3.63, 3.8) is 0 Å². The zero-order chi connectivity index (χ0) is 14.8. The molecule has 0 aliphatic rings. The fourth-order valence-corrected chi connectivity index (χ4v) is 1.87. The molecule has 5 heteroatoms. The van der Waals surface area contributed by atoms with Crippen LogP contribution < -0.4 is 15.8 Å². The van der Waals surface area contributed by atoms with E-state index in [1.165, 1.54) is 0 Å². The van der Waals surface area contributed by atoms with Crippen LogP contribution in [0.3, 0.4) is 0 Å². The van der Waals surface area contributed by atoms with Crippen molar-refractivity contribution in [1.29, 1.82) is 0 Å². The van der Waals surface area contributed by atoms with Crippen molar-refractivity contribution in [2.75, 3.05) is 40.3 Å². The lowest BCUT2D eigenvalue weighted by Crippen LogP contribution is -2.29. The summed E-state index contributed by atoms with van der Waals surface area (Å²) in [6.07, 6.45) is 1.94. The maximum Gasteiger partial charge on any atom is 0.251 e. The van der Waals surface area contributed by atoms with E-state index < -0.39 is 0 Å². The molecule has 0 radical (unpaired) electrons. The molecule has 1 rings (SSSR count). The summed E-state index contributed by atoms with van der Waals surface area (Å²) < 4.78 is 5.06. The molecule has 0 heterocycles. The molecule has 1 aromatic rings. The normalized spacial score (nSPS) is 10.6. The summed E-state index contributed by atoms with van der Waals surface area (Å²) in [6.45, 7) is 3.36. The number of ether oxygens (including phenoxy) is 1. The number of nitrogens with one attached hydrogen (secondary N) is 1. The molecule has 5 nitrogen and oxygen atoms in total. The molecule has 0 unspecified atom stereocenters. The van der Waals surface area contributed by atoms with Crippen LogP contribution >= 0.6 is 0 Å². The third-order valence-corrected chi connectivity index (χ3v) is 3.10. The van der Waals surface area contributed by atoms with Gasteiger partial charge < -0.3 is 20.7 Å². The van der Waals surface area contributed by atoms with Gasteiger partial charge in [0.25, 0.3) is 5.91 Å². The van der Waals surface area contributed by atoms with Gasteiger partial charge in [-0.05, 0) is 63.8 Å². The van der Waals surface area contributed by atoms with E-state index in [1.807, 2.05) is 0 Å². The van der Waals surface area contributed by atoms with Crippen molar-refractivity contribution in [3.8, 4) is 5.75 Å². The van der Waals surface area contributed by atoms with Crippen molar-refractivity contribution in [3.05, 3.63) is 29.8 Å². The highest BCUT2D eigenvalue weighted by molar-refractivity contribution is 5.94. The van der Waals surface area contributed by atoms with E-state index in [-0.39, 0.29) is 5.91 Å². The number of nitrogens with two attached hydrogens (primary N) is 1. The predicted octanol–water partition coefficient (Wildman–Crippen LogP) is 1.10. The van der Waals surface area contributed by atoms with Gasteiger partial charge in [-0.2, -0.15) is 0 Å². The molecule has 0 aliphatic heterocycles. The van der Waals surface area contributed by atoms with Crippen LogP contribution in [-0.4, -0.2) is 51.1 Å². The highest BCUT2D eigenvalue weighted by atomic mass is 16.5. The Balaban J connectivity index is 2.22. The van der Waals surface area contributed by atoms with Crippen LogP contribution in [0.1, 0.15) is 23.2 Å². The van der Waals surface area contributed by atoms with Gasteiger partial charge in [0, 0.05) is 12.1 Å². The second-order valence-corrected chi connectivity index (χ2v) is 4.78. The van der Waals surface area contributed by atoms with Gasteiger partial charge in [0.1, 0.15) is 5.75 Å². The molecule has 0 spiro atoms. The fourth-order valence-electron chi connectivity index (χ4n) is 1.87. The van der Waals surface area contributed by atoms with E-state index >= 15 is 0 Å². The van der Waals surface area contributed by atoms with E-state index in [1.54, 1.807) is 31.4 Å². The molecule has 0 saturated carbocycles. The number of carbonyl (C=O) groups is 1. The largest absolute Gasteiger partial charge is 0.497 e. The van der Waals surface area contributed by atoms with Gasteiger partial charge in [0.15, 0.2) is 0 Å². The topological polar surface area (TPSA) is 67.6 Å². The second kappa shape index (κ2) is 9.34. The minimum absolute atomic E-state index is 0.0442. The van der Waals surface area contributed by atoms with E-state index in [0.717, 1.165) is 38.2 Å². The summed E-state index contributed by atoms with van der Waals surface area (Å²) in [5, 5.41) is 2.92. The Morgan fingerprint density at radius 2 is 1.90 bits per heavy atom. The van der Waals surface area contributed by atoms with E-state index in [4.69, 9.17) is 10.5 Å². The molecule has 0 bridgehead atoms. The standard InChI is InChI=1S/C15H25N3O2/c1-18(11-3-9-16)12-4-10-17-15(19)13-5-7-14(20-2)8-6-13/h5-8H,3-4,9-12,16H2,1-2H3,(H,17,19). The van der Waals surface area contributed by atoms with Crippen molar-refractivity contribution in [1.82, 2.24) is 10.2 Å². The molecular weight excluding hydrogens is 254 g/mol. The predicted molar refractivity (Wildman–Crippen MR) is 81.1 cm³/mol. The third kappa shape index (κ3) is 6.04. The number of amides is 1. The first-order chi connectivity index (χ1) is 9.67. The van der Waals surface area contributed by atoms with Gasteiger partial charge in [-0.3, -0.25) is 4.79 Å². The summed E-state index contributed by atoms with van der Waals surface area (Å²) in [6, 6.07) is 7.11. The number of rotatable bonds is 9. The molecular formula is C15H25N3O2. The third-order valence-electron chi connectivity index (χ3n) is 3.10. The Hall–Kier alpha value is -1.59. The number of methoxy groups -OCH3 is 1. The summed E-state index contributed by atoms with van der Waals surface area (Å²) in [5.41, 5.74) is 6.12. The van der Waals surface area contributed by atoms with E-state index in [9.17, 15) is 4.79 Å². The molecule has 20 heavy (non-hydrogen) atoms. The van der Waals surface area contributed by atoms with Crippen LogP contribution in [0.25, 0.3) is 0 Å². The summed E-state index contributed by atoms with van der Waals surface area (Å²) >= 11 is 0. The van der Waals surface area contributed by atoms with Crippen molar-refractivity contribution < 1.29 is 9.53 Å². The van der Waals surface area contributed by atoms with Crippen LogP contribution in [0.4, 0.5) is 0 Å². The van der Waals surface area contributed by atoms with Gasteiger partial charge in [-0.15, -0.1) is 0 Å². The number of hydrogen-bond acceptors (Lipinski definition) is 4. The molecule has 0 saturated heterocycles. The van der Waals surface area contributed by atoms with Gasteiger partial charge in [0.2, 0.25) is 0 Å². The van der Waals surface area contributed by atoms with E-state index in [0.29, 0.717) is 12.1 Å². The van der Waals surface area contributed by atoms with Crippen LogP contribution in [-0.2, 0) is 0 Å². The minimum atomic E-state index is -0.0442. The Kier molecular flexibility index (Phi) is 7.69. The molecule has 1 amide bonds. The van der Waals surface area contributed by atoms with E-state index in [2.05, 4.69) is 17.3 Å². The lowest BCUT2D eigenvalue weighted by Gasteiger charge is -2.15. The highest BCUT2D eigenvalue weighted by Gasteiger charge is 2.05. The number of benzene rings is 1. The average molecular weight is 279 g/mol. The average Bonchev–Trinajstić information content (AvgIpc) is 2.49. The molecule has 0 aliphatic carbocycles. The van der Waals surface area contributed by atoms with Crippen molar-refractivity contribution in [2.24, 2.45) is 5.73 Å². The van der Waals surface area contributed by atoms with Crippen molar-refractivity contribution >= 4 is 5.91 Å². The lowest BCUT2D eigenvalue weighted by molar-refractivity contribution is 0.0952. The van der Waals surface area contributed by atoms with Crippen molar-refractivity contribution in [2.45, 2.75) is 12.8 Å². The summed E-state index contributed by atoms with van der Waals surface area (Å²) in [5.74, 6) is 0.709. The SMILES string of the molecule is COc1ccc(C(=O)NCCCN(C)CCCN)cc1. The zero-order valence-electron chi connectivity index (χ0n) is 12.4. The molecule has 0 atom stereocenters. The van der Waals surface area contributed by atoms with Crippen LogP contribution in [0.2, 0.25) is 0 Å². The molecule has 3 N–H and O–H groups in total. The zero-order valence-corrected chi connectivity index (χ0v) is 12.4. The van der Waals surface area contributed by atoms with Crippen LogP contribution in [0, 0.1) is 0 Å². The lowest BCUT2D eigenvalue weighted by atomic mass is 10.2. The number of nitrogens with zero attached hydrogens (tertiary/aromatic N) is 1. The Bertz CT molecular complexity index is 393. The Morgan fingerprint density at radius 1 is 1.25 bits per heavy atom. The summed E-state index contributed by atoms with van der Waals surface area (Å²) in [7, 11) is 3.68. The minimum Gasteiger partial charge on any atom is -0.497 e. The van der Waals surface area contributed by atoms with Crippen LogP contribution in [0.15, 0.2) is 24.3 Å².